The maximum atomic E-state index is 13.1. The minimum absolute atomic E-state index is 0.181. The van der Waals surface area contributed by atoms with Crippen molar-refractivity contribution < 1.29 is 14.3 Å². The van der Waals surface area contributed by atoms with Gasteiger partial charge in [-0.25, -0.2) is 4.79 Å². The van der Waals surface area contributed by atoms with Crippen molar-refractivity contribution in [2.45, 2.75) is 19.6 Å². The molecule has 2 aliphatic heterocycles. The van der Waals surface area contributed by atoms with Crippen LogP contribution < -0.4 is 11.1 Å². The maximum absolute atomic E-state index is 13.1. The highest BCUT2D eigenvalue weighted by atomic mass is 16.5. The van der Waals surface area contributed by atoms with Crippen LogP contribution in [0.15, 0.2) is 54.6 Å². The Morgan fingerprint density at radius 3 is 2.39 bits per heavy atom. The maximum Gasteiger partial charge on any atom is 0.322 e. The Morgan fingerprint density at radius 1 is 1.00 bits per heavy atom. The molecule has 9 heteroatoms. The first-order valence-corrected chi connectivity index (χ1v) is 12.0. The number of urea groups is 1. The van der Waals surface area contributed by atoms with Crippen molar-refractivity contribution in [1.29, 1.82) is 5.26 Å². The number of aromatic nitrogens is 1. The van der Waals surface area contributed by atoms with Gasteiger partial charge in [0.1, 0.15) is 6.07 Å². The first-order chi connectivity index (χ1) is 17.5. The van der Waals surface area contributed by atoms with E-state index >= 15 is 0 Å². The number of carbonyl (C=O) groups is 2. The fourth-order valence-corrected chi connectivity index (χ4v) is 4.92. The number of anilines is 1. The van der Waals surface area contributed by atoms with Crippen molar-refractivity contribution in [3.63, 3.8) is 0 Å². The zero-order valence-electron chi connectivity index (χ0n) is 19.9. The summed E-state index contributed by atoms with van der Waals surface area (Å²) in [4.78, 5) is 29.4. The Hall–Kier alpha value is -4.13. The number of nitriles is 1. The number of primary amides is 1. The van der Waals surface area contributed by atoms with Gasteiger partial charge in [-0.15, -0.1) is 0 Å². The van der Waals surface area contributed by atoms with Crippen LogP contribution in [0.3, 0.4) is 0 Å². The van der Waals surface area contributed by atoms with Gasteiger partial charge in [-0.05, 0) is 23.3 Å². The highest BCUT2D eigenvalue weighted by Gasteiger charge is 2.32. The van der Waals surface area contributed by atoms with Gasteiger partial charge in [0, 0.05) is 38.4 Å². The van der Waals surface area contributed by atoms with Crippen LogP contribution in [0.5, 0.6) is 0 Å². The van der Waals surface area contributed by atoms with Crippen molar-refractivity contribution >= 4 is 17.6 Å². The molecule has 0 spiro atoms. The Morgan fingerprint density at radius 2 is 1.72 bits per heavy atom. The molecule has 1 saturated heterocycles. The number of morpholine rings is 1. The second kappa shape index (κ2) is 10.2. The normalized spacial score (nSPS) is 15.7. The third kappa shape index (κ3) is 4.69. The number of rotatable bonds is 5. The molecule has 0 radical (unpaired) electrons. The molecule has 36 heavy (non-hydrogen) atoms. The van der Waals surface area contributed by atoms with E-state index in [1.807, 2.05) is 59.2 Å². The Bertz CT molecular complexity index is 1300. The molecular formula is C27H28N6O3. The lowest BCUT2D eigenvalue weighted by Gasteiger charge is -2.30. The molecule has 1 fully saturated rings. The minimum Gasteiger partial charge on any atom is -0.379 e. The molecule has 2 aliphatic rings. The van der Waals surface area contributed by atoms with Crippen molar-refractivity contribution in [2.75, 3.05) is 38.2 Å². The fourth-order valence-electron chi connectivity index (χ4n) is 4.92. The number of amides is 3. The summed E-state index contributed by atoms with van der Waals surface area (Å²) in [7, 11) is 0. The number of nitrogens with zero attached hydrogens (tertiary/aromatic N) is 4. The van der Waals surface area contributed by atoms with E-state index in [9.17, 15) is 14.9 Å². The largest absolute Gasteiger partial charge is 0.379 e. The molecule has 3 N–H and O–H groups in total. The zero-order valence-corrected chi connectivity index (χ0v) is 19.9. The lowest BCUT2D eigenvalue weighted by Crippen LogP contribution is -2.41. The lowest BCUT2D eigenvalue weighted by atomic mass is 10.0. The molecule has 3 amide bonds. The zero-order chi connectivity index (χ0) is 25.1. The number of ether oxygens (including phenoxy) is 1. The van der Waals surface area contributed by atoms with Gasteiger partial charge in [0.15, 0.2) is 0 Å². The van der Waals surface area contributed by atoms with Crippen LogP contribution in [0.25, 0.3) is 11.3 Å². The molecule has 0 unspecified atom stereocenters. The van der Waals surface area contributed by atoms with Crippen LogP contribution in [0.4, 0.5) is 10.5 Å². The summed E-state index contributed by atoms with van der Waals surface area (Å²) >= 11 is 0. The number of carbonyl (C=O) groups excluding carboxylic acids is 2. The molecule has 9 nitrogen and oxygen atoms in total. The number of hydrogen-bond acceptors (Lipinski definition) is 5. The highest BCUT2D eigenvalue weighted by Crippen LogP contribution is 2.34. The second-order valence-corrected chi connectivity index (χ2v) is 8.98. The standard InChI is InChI=1S/C27H28N6O3/c28-16-22-24(26(29)34)23-18-32(10-11-33(23)25(22)20-4-2-1-3-5-20)27(35)30-21-8-6-19(7-9-21)17-31-12-14-36-15-13-31/h1-9H,10-15,17-18H2,(H2,29,34)(H,30,35). The van der Waals surface area contributed by atoms with Gasteiger partial charge < -0.3 is 25.3 Å². The smallest absolute Gasteiger partial charge is 0.322 e. The topological polar surface area (TPSA) is 117 Å². The van der Waals surface area contributed by atoms with E-state index in [0.717, 1.165) is 38.4 Å². The summed E-state index contributed by atoms with van der Waals surface area (Å²) in [5, 5.41) is 12.8. The quantitative estimate of drug-likeness (QED) is 0.578. The molecule has 1 aromatic heterocycles. The summed E-state index contributed by atoms with van der Waals surface area (Å²) in [6.45, 7) is 5.27. The van der Waals surface area contributed by atoms with E-state index in [1.165, 1.54) is 5.56 Å². The first kappa shape index (κ1) is 23.6. The third-order valence-electron chi connectivity index (χ3n) is 6.71. The molecule has 0 saturated carbocycles. The average Bonchev–Trinajstić information content (AvgIpc) is 3.25. The fraction of sp³-hybridized carbons (Fsp3) is 0.296. The molecular weight excluding hydrogens is 456 g/mol. The van der Waals surface area contributed by atoms with Gasteiger partial charge in [0.05, 0.1) is 42.3 Å². The van der Waals surface area contributed by atoms with Crippen molar-refractivity contribution in [2.24, 2.45) is 5.73 Å². The highest BCUT2D eigenvalue weighted by molar-refractivity contribution is 6.00. The molecule has 3 heterocycles. The predicted octanol–water partition coefficient (Wildman–Crippen LogP) is 3.01. The summed E-state index contributed by atoms with van der Waals surface area (Å²) in [6.07, 6.45) is 0. The Kier molecular flexibility index (Phi) is 6.71. The molecule has 3 aromatic rings. The number of hydrogen-bond donors (Lipinski definition) is 2. The van der Waals surface area contributed by atoms with Gasteiger partial charge >= 0.3 is 6.03 Å². The number of nitrogens with one attached hydrogen (secondary N) is 1. The van der Waals surface area contributed by atoms with Crippen LogP contribution in [0, 0.1) is 11.3 Å². The lowest BCUT2D eigenvalue weighted by molar-refractivity contribution is 0.0342. The van der Waals surface area contributed by atoms with E-state index in [2.05, 4.69) is 16.3 Å². The molecule has 0 bridgehead atoms. The SMILES string of the molecule is N#Cc1c(C(N)=O)c2n(c1-c1ccccc1)CCN(C(=O)Nc1ccc(CN3CCOCC3)cc1)C2. The molecule has 0 atom stereocenters. The van der Waals surface area contributed by atoms with E-state index < -0.39 is 5.91 Å². The number of nitrogens with two attached hydrogens (primary N) is 1. The monoisotopic (exact) mass is 484 g/mol. The van der Waals surface area contributed by atoms with E-state index in [-0.39, 0.29) is 23.7 Å². The van der Waals surface area contributed by atoms with Crippen LogP contribution in [0.2, 0.25) is 0 Å². The Balaban J connectivity index is 1.33. The van der Waals surface area contributed by atoms with Gasteiger partial charge in [-0.3, -0.25) is 9.69 Å². The minimum atomic E-state index is -0.671. The molecule has 2 aromatic carbocycles. The average molecular weight is 485 g/mol. The van der Waals surface area contributed by atoms with Gasteiger partial charge in [-0.2, -0.15) is 5.26 Å². The summed E-state index contributed by atoms with van der Waals surface area (Å²) in [6, 6.07) is 19.2. The number of fused-ring (bicyclic) bond motifs is 1. The van der Waals surface area contributed by atoms with E-state index in [1.54, 1.807) is 4.90 Å². The molecule has 5 rings (SSSR count). The summed E-state index contributed by atoms with van der Waals surface area (Å²) in [5.74, 6) is -0.671. The molecule has 184 valence electrons. The van der Waals surface area contributed by atoms with Crippen molar-refractivity contribution in [3.8, 4) is 17.3 Å². The molecule has 0 aliphatic carbocycles. The predicted molar refractivity (Wildman–Crippen MR) is 135 cm³/mol. The van der Waals surface area contributed by atoms with Gasteiger partial charge in [-0.1, -0.05) is 42.5 Å². The van der Waals surface area contributed by atoms with Gasteiger partial charge in [0.2, 0.25) is 0 Å². The second-order valence-electron chi connectivity index (χ2n) is 8.98. The first-order valence-electron chi connectivity index (χ1n) is 12.0. The van der Waals surface area contributed by atoms with E-state index in [0.29, 0.717) is 30.2 Å². The van der Waals surface area contributed by atoms with Crippen LogP contribution in [0.1, 0.15) is 27.2 Å². The van der Waals surface area contributed by atoms with Crippen molar-refractivity contribution in [1.82, 2.24) is 14.4 Å². The van der Waals surface area contributed by atoms with E-state index in [4.69, 9.17) is 10.5 Å². The van der Waals surface area contributed by atoms with Gasteiger partial charge in [0.25, 0.3) is 5.91 Å². The van der Waals surface area contributed by atoms with Crippen LogP contribution in [-0.4, -0.2) is 59.2 Å². The Labute approximate surface area is 209 Å². The van der Waals surface area contributed by atoms with Crippen LogP contribution >= 0.6 is 0 Å². The number of benzene rings is 2. The summed E-state index contributed by atoms with van der Waals surface area (Å²) in [5.41, 5.74) is 10.1. The van der Waals surface area contributed by atoms with Crippen LogP contribution in [-0.2, 0) is 24.4 Å². The third-order valence-corrected chi connectivity index (χ3v) is 6.71. The van der Waals surface area contributed by atoms with Crippen molar-refractivity contribution in [3.05, 3.63) is 77.0 Å². The summed E-state index contributed by atoms with van der Waals surface area (Å²) < 4.78 is 7.34.